The fraction of sp³-hybridized carbons (Fsp3) is 0.217. The summed E-state index contributed by atoms with van der Waals surface area (Å²) in [6.45, 7) is 0. The Balaban J connectivity index is 1.65. The van der Waals surface area contributed by atoms with Crippen LogP contribution in [0.2, 0.25) is 0 Å². The highest BCUT2D eigenvalue weighted by molar-refractivity contribution is 6.04. The maximum Gasteiger partial charge on any atom is 0.254 e. The van der Waals surface area contributed by atoms with Gasteiger partial charge in [-0.2, -0.15) is 10.1 Å². The van der Waals surface area contributed by atoms with Crippen LogP contribution in [-0.2, 0) is 0 Å². The van der Waals surface area contributed by atoms with Crippen molar-refractivity contribution < 1.29 is 14.6 Å². The SMILES string of the molecule is COc1nc(-c2ccccc2)nc2cc(-c3nn([C@H]4C[C@@](N)(O)C4)c(N)c3C(N)=O)ccc12. The molecule has 0 radical (unpaired) electrons. The van der Waals surface area contributed by atoms with E-state index < -0.39 is 11.6 Å². The molecule has 0 unspecified atom stereocenters. The first-order valence-electron chi connectivity index (χ1n) is 10.4. The average Bonchev–Trinajstić information content (AvgIpc) is 3.13. The van der Waals surface area contributed by atoms with E-state index in [1.54, 1.807) is 25.3 Å². The normalized spacial score (nSPS) is 19.9. The summed E-state index contributed by atoms with van der Waals surface area (Å²) >= 11 is 0. The van der Waals surface area contributed by atoms with E-state index in [2.05, 4.69) is 10.1 Å². The number of ether oxygens (including phenoxy) is 1. The Bertz CT molecular complexity index is 1370. The van der Waals surface area contributed by atoms with E-state index in [0.717, 1.165) is 5.56 Å². The second-order valence-corrected chi connectivity index (χ2v) is 8.24. The molecule has 5 rings (SSSR count). The van der Waals surface area contributed by atoms with Gasteiger partial charge in [0, 0.05) is 24.0 Å². The van der Waals surface area contributed by atoms with Crippen LogP contribution in [0.5, 0.6) is 5.88 Å². The molecular formula is C23H23N7O3. The van der Waals surface area contributed by atoms with Crippen molar-refractivity contribution in [1.29, 1.82) is 0 Å². The number of rotatable bonds is 5. The Labute approximate surface area is 189 Å². The second-order valence-electron chi connectivity index (χ2n) is 8.24. The van der Waals surface area contributed by atoms with Crippen molar-refractivity contribution in [3.05, 3.63) is 54.1 Å². The lowest BCUT2D eigenvalue weighted by Crippen LogP contribution is -2.52. The third-order valence-electron chi connectivity index (χ3n) is 5.88. The predicted octanol–water partition coefficient (Wildman–Crippen LogP) is 1.83. The van der Waals surface area contributed by atoms with Gasteiger partial charge < -0.3 is 27.0 Å². The molecule has 33 heavy (non-hydrogen) atoms. The summed E-state index contributed by atoms with van der Waals surface area (Å²) in [7, 11) is 1.55. The molecule has 1 aliphatic carbocycles. The number of aromatic nitrogens is 4. The van der Waals surface area contributed by atoms with Gasteiger partial charge in [0.05, 0.1) is 24.1 Å². The molecule has 168 valence electrons. The van der Waals surface area contributed by atoms with Crippen LogP contribution in [0.3, 0.4) is 0 Å². The molecule has 4 aromatic rings. The lowest BCUT2D eigenvalue weighted by atomic mass is 9.83. The summed E-state index contributed by atoms with van der Waals surface area (Å²) in [5.41, 5.74) is 18.9. The Morgan fingerprint density at radius 2 is 1.88 bits per heavy atom. The van der Waals surface area contributed by atoms with Gasteiger partial charge in [0.2, 0.25) is 5.88 Å². The Morgan fingerprint density at radius 3 is 2.52 bits per heavy atom. The van der Waals surface area contributed by atoms with E-state index in [1.165, 1.54) is 4.68 Å². The fourth-order valence-electron chi connectivity index (χ4n) is 4.22. The molecule has 10 heteroatoms. The van der Waals surface area contributed by atoms with Crippen molar-refractivity contribution in [3.63, 3.8) is 0 Å². The number of nitrogens with zero attached hydrogens (tertiary/aromatic N) is 4. The van der Waals surface area contributed by atoms with Crippen molar-refractivity contribution in [2.45, 2.75) is 24.6 Å². The third-order valence-corrected chi connectivity index (χ3v) is 5.88. The third kappa shape index (κ3) is 3.55. The van der Waals surface area contributed by atoms with Crippen LogP contribution in [-0.4, -0.2) is 43.6 Å². The molecule has 1 fully saturated rings. The number of benzene rings is 2. The van der Waals surface area contributed by atoms with Crippen LogP contribution in [0.1, 0.15) is 29.2 Å². The molecule has 0 bridgehead atoms. The van der Waals surface area contributed by atoms with E-state index in [4.69, 9.17) is 26.9 Å². The van der Waals surface area contributed by atoms with Gasteiger partial charge in [-0.3, -0.25) is 4.79 Å². The van der Waals surface area contributed by atoms with Crippen LogP contribution in [0.25, 0.3) is 33.5 Å². The number of primary amides is 1. The molecule has 0 saturated heterocycles. The second kappa shape index (κ2) is 7.54. The zero-order chi connectivity index (χ0) is 23.3. The minimum atomic E-state index is -1.26. The highest BCUT2D eigenvalue weighted by Crippen LogP contribution is 2.41. The number of aliphatic hydroxyl groups is 1. The quantitative estimate of drug-likeness (QED) is 0.337. The van der Waals surface area contributed by atoms with Gasteiger partial charge in [0.15, 0.2) is 5.82 Å². The standard InChI is InChI=1S/C23H23N7O3/c1-33-22-15-8-7-13(9-16(15)27-21(28-22)12-5-3-2-4-6-12)18-17(20(25)31)19(24)30(29-18)14-10-23(26,32)11-14/h2-9,14,32H,10-11,24,26H2,1H3,(H2,25,31)/t14-,23+. The van der Waals surface area contributed by atoms with Crippen molar-refractivity contribution in [2.24, 2.45) is 11.5 Å². The number of carbonyl (C=O) groups excluding carboxylic acids is 1. The molecule has 0 aliphatic heterocycles. The van der Waals surface area contributed by atoms with Gasteiger partial charge in [-0.05, 0) is 12.1 Å². The summed E-state index contributed by atoms with van der Waals surface area (Å²) in [4.78, 5) is 21.5. The molecule has 7 N–H and O–H groups in total. The average molecular weight is 445 g/mol. The van der Waals surface area contributed by atoms with Crippen LogP contribution in [0, 0.1) is 0 Å². The number of nitrogen functional groups attached to an aromatic ring is 1. The van der Waals surface area contributed by atoms with Crippen LogP contribution in [0.4, 0.5) is 5.82 Å². The predicted molar refractivity (Wildman–Crippen MR) is 123 cm³/mol. The van der Waals surface area contributed by atoms with Crippen LogP contribution in [0.15, 0.2) is 48.5 Å². The van der Waals surface area contributed by atoms with Gasteiger partial charge in [0.25, 0.3) is 5.91 Å². The van der Waals surface area contributed by atoms with Gasteiger partial charge in [-0.15, -0.1) is 0 Å². The monoisotopic (exact) mass is 445 g/mol. The number of anilines is 1. The van der Waals surface area contributed by atoms with Crippen molar-refractivity contribution in [2.75, 3.05) is 12.8 Å². The molecule has 10 nitrogen and oxygen atoms in total. The zero-order valence-corrected chi connectivity index (χ0v) is 17.9. The first-order chi connectivity index (χ1) is 15.8. The summed E-state index contributed by atoms with van der Waals surface area (Å²) in [5.74, 6) is 0.390. The van der Waals surface area contributed by atoms with Crippen LogP contribution < -0.4 is 21.9 Å². The molecule has 0 atom stereocenters. The molecule has 2 aromatic heterocycles. The first kappa shape index (κ1) is 20.9. The molecular weight excluding hydrogens is 422 g/mol. The number of hydrogen-bond acceptors (Lipinski definition) is 8. The molecule has 0 spiro atoms. The van der Waals surface area contributed by atoms with E-state index in [-0.39, 0.29) is 30.3 Å². The Morgan fingerprint density at radius 1 is 1.15 bits per heavy atom. The molecule has 2 heterocycles. The van der Waals surface area contributed by atoms with E-state index >= 15 is 0 Å². The van der Waals surface area contributed by atoms with E-state index in [0.29, 0.717) is 33.9 Å². The number of fused-ring (bicyclic) bond motifs is 1. The lowest BCUT2D eigenvalue weighted by Gasteiger charge is -2.40. The number of amides is 1. The maximum absolute atomic E-state index is 12.3. The van der Waals surface area contributed by atoms with Crippen molar-refractivity contribution in [1.82, 2.24) is 19.7 Å². The highest BCUT2D eigenvalue weighted by Gasteiger charge is 2.42. The van der Waals surface area contributed by atoms with Gasteiger partial charge in [-0.1, -0.05) is 36.4 Å². The maximum atomic E-state index is 12.3. The Kier molecular flexibility index (Phi) is 4.76. The number of hydrogen-bond donors (Lipinski definition) is 4. The van der Waals surface area contributed by atoms with Gasteiger partial charge in [-0.25, -0.2) is 9.67 Å². The summed E-state index contributed by atoms with van der Waals surface area (Å²) in [6, 6.07) is 14.7. The van der Waals surface area contributed by atoms with E-state index in [1.807, 2.05) is 30.3 Å². The number of methoxy groups -OCH3 is 1. The summed E-state index contributed by atoms with van der Waals surface area (Å²) in [5, 5.41) is 15.2. The van der Waals surface area contributed by atoms with Crippen molar-refractivity contribution in [3.8, 4) is 28.5 Å². The highest BCUT2D eigenvalue weighted by atomic mass is 16.5. The topological polar surface area (TPSA) is 168 Å². The molecule has 1 saturated carbocycles. The largest absolute Gasteiger partial charge is 0.480 e. The molecule has 2 aromatic carbocycles. The summed E-state index contributed by atoms with van der Waals surface area (Å²) < 4.78 is 7.00. The minimum Gasteiger partial charge on any atom is -0.480 e. The zero-order valence-electron chi connectivity index (χ0n) is 17.9. The van der Waals surface area contributed by atoms with E-state index in [9.17, 15) is 9.90 Å². The molecule has 1 aliphatic rings. The first-order valence-corrected chi connectivity index (χ1v) is 10.4. The van der Waals surface area contributed by atoms with Crippen molar-refractivity contribution >= 4 is 22.6 Å². The minimum absolute atomic E-state index is 0.117. The smallest absolute Gasteiger partial charge is 0.254 e. The number of nitrogens with two attached hydrogens (primary N) is 3. The lowest BCUT2D eigenvalue weighted by molar-refractivity contribution is -0.0643. The van der Waals surface area contributed by atoms with Crippen LogP contribution >= 0.6 is 0 Å². The fourth-order valence-corrected chi connectivity index (χ4v) is 4.22. The molecule has 1 amide bonds. The number of carbonyl (C=O) groups is 1. The summed E-state index contributed by atoms with van der Waals surface area (Å²) in [6.07, 6.45) is 0.554. The van der Waals surface area contributed by atoms with Gasteiger partial charge >= 0.3 is 0 Å². The van der Waals surface area contributed by atoms with Gasteiger partial charge in [0.1, 0.15) is 22.8 Å². The Hall–Kier alpha value is -4.02.